The minimum Gasteiger partial charge on any atom is -0.479 e. The van der Waals surface area contributed by atoms with Crippen LogP contribution in [-0.4, -0.2) is 41.7 Å². The minimum absolute atomic E-state index is 0.00832. The number of likely N-dealkylation sites (N-methyl/N-ethyl adjacent to an activating group) is 1. The SMILES string of the molecule is CN(CC1(O)CCCC1)C(=O)Cc1ccc(OCC#N)cc1. The van der Waals surface area contributed by atoms with E-state index in [-0.39, 0.29) is 12.5 Å². The minimum atomic E-state index is -0.709. The molecule has 1 aliphatic rings. The number of benzene rings is 1. The molecule has 0 atom stereocenters. The molecule has 1 amide bonds. The van der Waals surface area contributed by atoms with Crippen molar-refractivity contribution >= 4 is 5.91 Å². The fourth-order valence-electron chi connectivity index (χ4n) is 2.85. The fraction of sp³-hybridized carbons (Fsp3) is 0.529. The van der Waals surface area contributed by atoms with Gasteiger partial charge in [-0.15, -0.1) is 0 Å². The van der Waals surface area contributed by atoms with E-state index in [2.05, 4.69) is 0 Å². The van der Waals surface area contributed by atoms with Crippen LogP contribution in [0.5, 0.6) is 5.75 Å². The van der Waals surface area contributed by atoms with Gasteiger partial charge < -0.3 is 14.7 Å². The number of ether oxygens (including phenoxy) is 1. The van der Waals surface area contributed by atoms with Crippen LogP contribution in [0, 0.1) is 11.3 Å². The van der Waals surface area contributed by atoms with Crippen LogP contribution in [0.4, 0.5) is 0 Å². The summed E-state index contributed by atoms with van der Waals surface area (Å²) in [4.78, 5) is 13.9. The van der Waals surface area contributed by atoms with Crippen molar-refractivity contribution < 1.29 is 14.6 Å². The highest BCUT2D eigenvalue weighted by Crippen LogP contribution is 2.30. The van der Waals surface area contributed by atoms with Crippen molar-refractivity contribution in [3.63, 3.8) is 0 Å². The van der Waals surface area contributed by atoms with Crippen LogP contribution >= 0.6 is 0 Å². The molecule has 5 heteroatoms. The second kappa shape index (κ2) is 7.28. The first kappa shape index (κ1) is 16.3. The van der Waals surface area contributed by atoms with Crippen LogP contribution in [0.3, 0.4) is 0 Å². The highest BCUT2D eigenvalue weighted by molar-refractivity contribution is 5.78. The van der Waals surface area contributed by atoms with Gasteiger partial charge in [-0.3, -0.25) is 4.79 Å². The van der Waals surface area contributed by atoms with Gasteiger partial charge in [-0.05, 0) is 30.5 Å². The Morgan fingerprint density at radius 3 is 2.59 bits per heavy atom. The van der Waals surface area contributed by atoms with E-state index in [1.165, 1.54) is 0 Å². The quantitative estimate of drug-likeness (QED) is 0.871. The Labute approximate surface area is 131 Å². The summed E-state index contributed by atoms with van der Waals surface area (Å²) in [6.07, 6.45) is 3.90. The lowest BCUT2D eigenvalue weighted by Gasteiger charge is -2.28. The molecule has 1 saturated carbocycles. The fourth-order valence-corrected chi connectivity index (χ4v) is 2.85. The van der Waals surface area contributed by atoms with Gasteiger partial charge in [-0.2, -0.15) is 5.26 Å². The first-order chi connectivity index (χ1) is 10.5. The van der Waals surface area contributed by atoms with Crippen molar-refractivity contribution in [2.24, 2.45) is 0 Å². The van der Waals surface area contributed by atoms with Crippen LogP contribution in [-0.2, 0) is 11.2 Å². The Balaban J connectivity index is 1.86. The number of hydrogen-bond donors (Lipinski definition) is 1. The average Bonchev–Trinajstić information content (AvgIpc) is 2.92. The number of rotatable bonds is 6. The third kappa shape index (κ3) is 4.47. The molecule has 1 fully saturated rings. The van der Waals surface area contributed by atoms with Crippen molar-refractivity contribution in [3.05, 3.63) is 29.8 Å². The number of carbonyl (C=O) groups is 1. The summed E-state index contributed by atoms with van der Waals surface area (Å²) in [6, 6.07) is 9.06. The molecule has 118 valence electrons. The summed E-state index contributed by atoms with van der Waals surface area (Å²) in [6.45, 7) is 0.412. The van der Waals surface area contributed by atoms with Gasteiger partial charge in [0.1, 0.15) is 11.8 Å². The summed E-state index contributed by atoms with van der Waals surface area (Å²) in [5.74, 6) is 0.609. The van der Waals surface area contributed by atoms with E-state index < -0.39 is 5.60 Å². The lowest BCUT2D eigenvalue weighted by atomic mass is 10.0. The van der Waals surface area contributed by atoms with E-state index >= 15 is 0 Å². The van der Waals surface area contributed by atoms with Gasteiger partial charge >= 0.3 is 0 Å². The largest absolute Gasteiger partial charge is 0.479 e. The molecule has 0 radical (unpaired) electrons. The molecule has 1 aromatic rings. The standard InChI is InChI=1S/C17H22N2O3/c1-19(13-17(21)8-2-3-9-17)16(20)12-14-4-6-15(7-5-14)22-11-10-18/h4-7,21H,2-3,8-9,11-13H2,1H3. The van der Waals surface area contributed by atoms with E-state index in [4.69, 9.17) is 10.00 Å². The second-order valence-corrected chi connectivity index (χ2v) is 5.95. The van der Waals surface area contributed by atoms with Gasteiger partial charge in [0.15, 0.2) is 6.61 Å². The van der Waals surface area contributed by atoms with Gasteiger partial charge in [0.25, 0.3) is 0 Å². The molecule has 0 unspecified atom stereocenters. The van der Waals surface area contributed by atoms with Crippen molar-refractivity contribution in [1.82, 2.24) is 4.90 Å². The van der Waals surface area contributed by atoms with Gasteiger partial charge in [-0.25, -0.2) is 0 Å². The number of nitrogens with zero attached hydrogens (tertiary/aromatic N) is 2. The summed E-state index contributed by atoms with van der Waals surface area (Å²) < 4.78 is 5.17. The van der Waals surface area contributed by atoms with Crippen LogP contribution in [0.1, 0.15) is 31.2 Å². The van der Waals surface area contributed by atoms with E-state index in [0.717, 1.165) is 31.2 Å². The number of hydrogen-bond acceptors (Lipinski definition) is 4. The number of carbonyl (C=O) groups excluding carboxylic acids is 1. The Kier molecular flexibility index (Phi) is 5.40. The number of nitriles is 1. The molecule has 0 bridgehead atoms. The first-order valence-electron chi connectivity index (χ1n) is 7.57. The van der Waals surface area contributed by atoms with E-state index in [0.29, 0.717) is 18.7 Å². The zero-order chi connectivity index (χ0) is 16.0. The Bertz CT molecular complexity index is 542. The maximum atomic E-state index is 12.2. The Morgan fingerprint density at radius 2 is 2.00 bits per heavy atom. The third-order valence-electron chi connectivity index (χ3n) is 4.07. The highest BCUT2D eigenvalue weighted by Gasteiger charge is 2.33. The van der Waals surface area contributed by atoms with Gasteiger partial charge in [0, 0.05) is 13.6 Å². The number of amides is 1. The zero-order valence-corrected chi connectivity index (χ0v) is 12.9. The van der Waals surface area contributed by atoms with Crippen LogP contribution in [0.15, 0.2) is 24.3 Å². The molecule has 2 rings (SSSR count). The molecule has 0 heterocycles. The molecular formula is C17H22N2O3. The monoisotopic (exact) mass is 302 g/mol. The summed E-state index contributed by atoms with van der Waals surface area (Å²) >= 11 is 0. The predicted molar refractivity (Wildman–Crippen MR) is 82.3 cm³/mol. The average molecular weight is 302 g/mol. The third-order valence-corrected chi connectivity index (χ3v) is 4.07. The predicted octanol–water partition coefficient (Wildman–Crippen LogP) is 1.89. The smallest absolute Gasteiger partial charge is 0.226 e. The highest BCUT2D eigenvalue weighted by atomic mass is 16.5. The van der Waals surface area contributed by atoms with E-state index in [1.54, 1.807) is 24.1 Å². The summed E-state index contributed by atoms with van der Waals surface area (Å²) in [5.41, 5.74) is 0.180. The first-order valence-corrected chi connectivity index (χ1v) is 7.57. The molecule has 0 aromatic heterocycles. The van der Waals surface area contributed by atoms with Crippen molar-refractivity contribution in [3.8, 4) is 11.8 Å². The number of aliphatic hydroxyl groups is 1. The molecule has 1 N–H and O–H groups in total. The molecule has 0 spiro atoms. The molecule has 0 aliphatic heterocycles. The van der Waals surface area contributed by atoms with Gasteiger partial charge in [-0.1, -0.05) is 25.0 Å². The molecular weight excluding hydrogens is 280 g/mol. The van der Waals surface area contributed by atoms with Crippen molar-refractivity contribution in [2.45, 2.75) is 37.7 Å². The van der Waals surface area contributed by atoms with Gasteiger partial charge in [0.05, 0.1) is 12.0 Å². The van der Waals surface area contributed by atoms with E-state index in [9.17, 15) is 9.90 Å². The Morgan fingerprint density at radius 1 is 1.36 bits per heavy atom. The second-order valence-electron chi connectivity index (χ2n) is 5.95. The van der Waals surface area contributed by atoms with Crippen LogP contribution in [0.25, 0.3) is 0 Å². The zero-order valence-electron chi connectivity index (χ0n) is 12.9. The van der Waals surface area contributed by atoms with Crippen molar-refractivity contribution in [1.29, 1.82) is 5.26 Å². The topological polar surface area (TPSA) is 73.6 Å². The Hall–Kier alpha value is -2.06. The lowest BCUT2D eigenvalue weighted by Crippen LogP contribution is -2.42. The maximum absolute atomic E-state index is 12.2. The maximum Gasteiger partial charge on any atom is 0.226 e. The molecule has 0 saturated heterocycles. The molecule has 1 aliphatic carbocycles. The van der Waals surface area contributed by atoms with Crippen LogP contribution < -0.4 is 4.74 Å². The van der Waals surface area contributed by atoms with Crippen LogP contribution in [0.2, 0.25) is 0 Å². The van der Waals surface area contributed by atoms with Gasteiger partial charge in [0.2, 0.25) is 5.91 Å². The lowest BCUT2D eigenvalue weighted by molar-refractivity contribution is -0.132. The van der Waals surface area contributed by atoms with Crippen molar-refractivity contribution in [2.75, 3.05) is 20.2 Å². The summed E-state index contributed by atoms with van der Waals surface area (Å²) in [5, 5.41) is 18.8. The van der Waals surface area contributed by atoms with E-state index in [1.807, 2.05) is 18.2 Å². The molecule has 22 heavy (non-hydrogen) atoms. The summed E-state index contributed by atoms with van der Waals surface area (Å²) in [7, 11) is 1.74. The normalized spacial score (nSPS) is 16.0. The molecule has 1 aromatic carbocycles. The molecule has 5 nitrogen and oxygen atoms in total.